The van der Waals surface area contributed by atoms with Crippen LogP contribution in [0, 0.1) is 11.3 Å². The fourth-order valence-electron chi connectivity index (χ4n) is 0.387. The Morgan fingerprint density at radius 2 is 2.62 bits per heavy atom. The van der Waals surface area contributed by atoms with Crippen LogP contribution < -0.4 is 0 Å². The Bertz CT molecular complexity index is 206. The van der Waals surface area contributed by atoms with E-state index in [0.717, 1.165) is 4.88 Å². The fourth-order valence-corrected chi connectivity index (χ4v) is 0.938. The first kappa shape index (κ1) is 5.13. The molecule has 0 bridgehead atoms. The molecule has 1 rings (SSSR count). The molecule has 0 aliphatic rings. The van der Waals surface area contributed by atoms with Crippen LogP contribution in [0.3, 0.4) is 0 Å². The molecule has 0 aliphatic heterocycles. The van der Waals surface area contributed by atoms with Gasteiger partial charge in [0, 0.05) is 5.01 Å². The van der Waals surface area contributed by atoms with Crippen molar-refractivity contribution in [2.24, 2.45) is 0 Å². The summed E-state index contributed by atoms with van der Waals surface area (Å²) in [6, 6.07) is 5.90. The predicted octanol–water partition coefficient (Wildman–Crippen LogP) is 1.93. The largest absolute Gasteiger partial charge is 0.498 e. The van der Waals surface area contributed by atoms with Crippen LogP contribution in [0.2, 0.25) is 0 Å². The van der Waals surface area contributed by atoms with Gasteiger partial charge in [-0.05, 0) is 17.5 Å². The summed E-state index contributed by atoms with van der Waals surface area (Å²) in [5.74, 6) is 0. The van der Waals surface area contributed by atoms with Gasteiger partial charge in [-0.2, -0.15) is 0 Å². The fraction of sp³-hybridized carbons (Fsp3) is 0. The van der Waals surface area contributed by atoms with E-state index in [-0.39, 0.29) is 0 Å². The van der Waals surface area contributed by atoms with E-state index in [2.05, 4.69) is 11.1 Å². The van der Waals surface area contributed by atoms with Gasteiger partial charge in [-0.3, -0.25) is 0 Å². The van der Waals surface area contributed by atoms with Crippen LogP contribution in [0.5, 0.6) is 0 Å². The zero-order chi connectivity index (χ0) is 5.82. The Morgan fingerprint density at radius 3 is 3.12 bits per heavy atom. The zero-order valence-corrected chi connectivity index (χ0v) is 4.81. The Balaban J connectivity index is 2.88. The summed E-state index contributed by atoms with van der Waals surface area (Å²) in [6.07, 6.45) is 0. The highest BCUT2D eigenvalue weighted by Gasteiger charge is 1.90. The Morgan fingerprint density at radius 1 is 1.75 bits per heavy atom. The third-order valence-electron chi connectivity index (χ3n) is 0.677. The highest BCUT2D eigenvalue weighted by molar-refractivity contribution is 7.10. The predicted molar refractivity (Wildman–Crippen MR) is 34.0 cm³/mol. The van der Waals surface area contributed by atoms with E-state index in [4.69, 9.17) is 0 Å². The lowest BCUT2D eigenvalue weighted by Crippen LogP contribution is -1.51. The van der Waals surface area contributed by atoms with Crippen LogP contribution in [0.4, 0.5) is 0 Å². The molecule has 0 fully saturated rings. The molecular weight excluding hydrogens is 122 g/mol. The standard InChI is InChI=1S/C5H3NOS/c7-6-4-5-2-1-3-8-5/h1-3H. The summed E-state index contributed by atoms with van der Waals surface area (Å²) in [7, 11) is 0. The quantitative estimate of drug-likeness (QED) is 0.487. The minimum absolute atomic E-state index is 0.778. The molecule has 3 heteroatoms. The van der Waals surface area contributed by atoms with E-state index in [1.165, 1.54) is 11.3 Å². The Kier molecular flexibility index (Phi) is 1.50. The molecule has 0 aromatic carbocycles. The lowest BCUT2D eigenvalue weighted by molar-refractivity contribution is 1.92. The van der Waals surface area contributed by atoms with Gasteiger partial charge in [-0.15, -0.1) is 11.3 Å². The normalized spacial score (nSPS) is 7.50. The Hall–Kier alpha value is -1.01. The first-order valence-corrected chi connectivity index (χ1v) is 2.93. The maximum absolute atomic E-state index is 9.52. The zero-order valence-electron chi connectivity index (χ0n) is 4.00. The van der Waals surface area contributed by atoms with Crippen LogP contribution in [0.25, 0.3) is 5.01 Å². The molecule has 1 heterocycles. The molecule has 0 unspecified atom stereocenters. The van der Waals surface area contributed by atoms with Gasteiger partial charge in [-0.25, -0.2) is 0 Å². The summed E-state index contributed by atoms with van der Waals surface area (Å²) < 4.78 is 0. The van der Waals surface area contributed by atoms with Crippen LogP contribution in [-0.2, 0) is 0 Å². The molecule has 0 amide bonds. The molecule has 0 atom stereocenters. The van der Waals surface area contributed by atoms with Gasteiger partial charge in [0.25, 0.3) is 0 Å². The van der Waals surface area contributed by atoms with Gasteiger partial charge in [0.1, 0.15) is 0 Å². The molecule has 0 saturated heterocycles. The van der Waals surface area contributed by atoms with Crippen LogP contribution >= 0.6 is 11.3 Å². The molecule has 1 aromatic heterocycles. The number of nitrogens with zero attached hydrogens (tertiary/aromatic N) is 1. The van der Waals surface area contributed by atoms with Gasteiger partial charge < -0.3 is 5.21 Å². The highest BCUT2D eigenvalue weighted by atomic mass is 32.1. The SMILES string of the molecule is [O-][N+]#Cc1cccs1. The number of thiophene rings is 1. The summed E-state index contributed by atoms with van der Waals surface area (Å²) in [6.45, 7) is 0. The number of hydrogen-bond donors (Lipinski definition) is 0. The van der Waals surface area contributed by atoms with Crippen LogP contribution in [0.15, 0.2) is 17.5 Å². The van der Waals surface area contributed by atoms with E-state index in [9.17, 15) is 5.21 Å². The minimum atomic E-state index is 0.778. The van der Waals surface area contributed by atoms with Gasteiger partial charge in [0.2, 0.25) is 0 Å². The van der Waals surface area contributed by atoms with Gasteiger partial charge in [0.05, 0.1) is 0 Å². The molecule has 0 N–H and O–H groups in total. The second-order valence-corrected chi connectivity index (χ2v) is 2.13. The lowest BCUT2D eigenvalue weighted by atomic mass is 10.5. The molecule has 1 aromatic rings. The number of rotatable bonds is 0. The van der Waals surface area contributed by atoms with Gasteiger partial charge in [-0.1, -0.05) is 0 Å². The van der Waals surface area contributed by atoms with Crippen LogP contribution in [0.1, 0.15) is 4.88 Å². The molecular formula is C5H3NOS. The molecule has 0 aliphatic carbocycles. The first-order valence-electron chi connectivity index (χ1n) is 2.05. The van der Waals surface area contributed by atoms with Crippen molar-refractivity contribution in [1.82, 2.24) is 0 Å². The molecule has 0 spiro atoms. The molecule has 8 heavy (non-hydrogen) atoms. The molecule has 0 saturated carbocycles. The van der Waals surface area contributed by atoms with E-state index in [1.54, 1.807) is 6.07 Å². The summed E-state index contributed by atoms with van der Waals surface area (Å²) in [5.41, 5.74) is 0. The maximum atomic E-state index is 9.52. The third-order valence-corrected chi connectivity index (χ3v) is 1.45. The smallest absolute Gasteiger partial charge is 0.347 e. The second-order valence-electron chi connectivity index (χ2n) is 1.18. The minimum Gasteiger partial charge on any atom is -0.498 e. The van der Waals surface area contributed by atoms with Crippen molar-refractivity contribution >= 4 is 11.3 Å². The van der Waals surface area contributed by atoms with Gasteiger partial charge in [0.15, 0.2) is 4.88 Å². The number of hydrogen-bond acceptors (Lipinski definition) is 2. The monoisotopic (exact) mass is 125 g/mol. The molecule has 40 valence electrons. The molecule has 0 radical (unpaired) electrons. The van der Waals surface area contributed by atoms with E-state index < -0.39 is 0 Å². The van der Waals surface area contributed by atoms with Gasteiger partial charge >= 0.3 is 6.07 Å². The summed E-state index contributed by atoms with van der Waals surface area (Å²) in [4.78, 5) is 0.778. The van der Waals surface area contributed by atoms with Crippen molar-refractivity contribution < 1.29 is 0 Å². The van der Waals surface area contributed by atoms with Crippen molar-refractivity contribution in [2.45, 2.75) is 0 Å². The van der Waals surface area contributed by atoms with Crippen molar-refractivity contribution in [3.8, 4) is 6.07 Å². The first-order chi connectivity index (χ1) is 3.93. The van der Waals surface area contributed by atoms with Crippen LogP contribution in [-0.4, -0.2) is 0 Å². The molecule has 2 nitrogen and oxygen atoms in total. The van der Waals surface area contributed by atoms with Crippen molar-refractivity contribution in [3.63, 3.8) is 0 Å². The third kappa shape index (κ3) is 0.983. The Labute approximate surface area is 50.8 Å². The average molecular weight is 125 g/mol. The van der Waals surface area contributed by atoms with E-state index in [0.29, 0.717) is 0 Å². The summed E-state index contributed by atoms with van der Waals surface area (Å²) in [5, 5.41) is 13.9. The van der Waals surface area contributed by atoms with Crippen molar-refractivity contribution in [2.75, 3.05) is 0 Å². The van der Waals surface area contributed by atoms with Crippen molar-refractivity contribution in [1.29, 1.82) is 0 Å². The topological polar surface area (TPSA) is 27.4 Å². The van der Waals surface area contributed by atoms with E-state index in [1.807, 2.05) is 11.4 Å². The average Bonchev–Trinajstić information content (AvgIpc) is 2.19. The van der Waals surface area contributed by atoms with E-state index >= 15 is 0 Å². The summed E-state index contributed by atoms with van der Waals surface area (Å²) >= 11 is 1.44. The highest BCUT2D eigenvalue weighted by Crippen LogP contribution is 2.05. The maximum Gasteiger partial charge on any atom is 0.347 e. The second kappa shape index (κ2) is 2.34. The van der Waals surface area contributed by atoms with Crippen molar-refractivity contribution in [3.05, 3.63) is 32.6 Å². The lowest BCUT2D eigenvalue weighted by Gasteiger charge is -1.60.